The van der Waals surface area contributed by atoms with E-state index < -0.39 is 31.2 Å². The van der Waals surface area contributed by atoms with Crippen LogP contribution in [-0.2, 0) is 29.8 Å². The number of benzene rings is 1. The lowest BCUT2D eigenvalue weighted by Gasteiger charge is -2.35. The van der Waals surface area contributed by atoms with Gasteiger partial charge in [-0.2, -0.15) is 0 Å². The fraction of sp³-hybridized carbons (Fsp3) is 0.400. The fourth-order valence-corrected chi connectivity index (χ4v) is 4.24. The Morgan fingerprint density at radius 2 is 1.86 bits per heavy atom. The number of amides is 2. The number of alkyl carbamates (subject to hydrolysis) is 1. The van der Waals surface area contributed by atoms with Crippen LogP contribution < -0.4 is 10.6 Å². The van der Waals surface area contributed by atoms with Crippen molar-refractivity contribution in [2.75, 3.05) is 20.4 Å². The predicted octanol–water partition coefficient (Wildman–Crippen LogP) is 3.16. The Balaban J connectivity index is 1.96. The minimum atomic E-state index is -3.39. The van der Waals surface area contributed by atoms with Gasteiger partial charge in [0.05, 0.1) is 11.7 Å². The molecule has 0 radical (unpaired) electrons. The first kappa shape index (κ1) is 22.9. The van der Waals surface area contributed by atoms with Crippen molar-refractivity contribution in [3.05, 3.63) is 60.2 Å². The van der Waals surface area contributed by atoms with Crippen LogP contribution in [0.25, 0.3) is 0 Å². The van der Waals surface area contributed by atoms with Gasteiger partial charge >= 0.3 is 13.7 Å². The molecule has 1 aliphatic carbocycles. The van der Waals surface area contributed by atoms with E-state index in [-0.39, 0.29) is 12.8 Å². The molecule has 2 atom stereocenters. The zero-order chi connectivity index (χ0) is 21.3. The first-order valence-corrected chi connectivity index (χ1v) is 10.9. The van der Waals surface area contributed by atoms with Crippen LogP contribution in [0.1, 0.15) is 18.9 Å². The van der Waals surface area contributed by atoms with Gasteiger partial charge in [0.25, 0.3) is 0 Å². The normalized spacial score (nSPS) is 19.4. The molecule has 29 heavy (non-hydrogen) atoms. The topological polar surface area (TPSA) is 103 Å². The second kappa shape index (κ2) is 10.4. The largest absolute Gasteiger partial charge is 0.445 e. The van der Waals surface area contributed by atoms with Crippen LogP contribution in [0.4, 0.5) is 4.79 Å². The highest BCUT2D eigenvalue weighted by Crippen LogP contribution is 2.50. The molecule has 2 amide bonds. The summed E-state index contributed by atoms with van der Waals surface area (Å²) in [5.74, 6) is -0.444. The molecule has 158 valence electrons. The Bertz CT molecular complexity index is 802. The van der Waals surface area contributed by atoms with Crippen LogP contribution in [0.2, 0.25) is 0 Å². The number of hydrogen-bond acceptors (Lipinski definition) is 6. The number of carbonyl (C=O) groups is 2. The molecular formula is C20H27N2O6P. The summed E-state index contributed by atoms with van der Waals surface area (Å²) in [5.41, 5.74) is -0.107. The van der Waals surface area contributed by atoms with Crippen molar-refractivity contribution in [1.29, 1.82) is 0 Å². The molecule has 0 fully saturated rings. The summed E-state index contributed by atoms with van der Waals surface area (Å²) >= 11 is 0. The number of nitrogens with one attached hydrogen (secondary N) is 2. The van der Waals surface area contributed by atoms with Crippen LogP contribution in [0, 0.1) is 0 Å². The second-order valence-electron chi connectivity index (χ2n) is 6.70. The third-order valence-corrected chi connectivity index (χ3v) is 6.55. The summed E-state index contributed by atoms with van der Waals surface area (Å²) in [6.45, 7) is 1.64. The zero-order valence-electron chi connectivity index (χ0n) is 16.8. The molecule has 0 saturated heterocycles. The average Bonchev–Trinajstić information content (AvgIpc) is 2.73. The highest BCUT2D eigenvalue weighted by atomic mass is 31.2. The van der Waals surface area contributed by atoms with Crippen molar-refractivity contribution in [3.8, 4) is 0 Å². The van der Waals surface area contributed by atoms with E-state index in [9.17, 15) is 14.2 Å². The number of carbonyl (C=O) groups excluding carboxylic acids is 2. The number of rotatable bonds is 9. The standard InChI is InChI=1S/C20H27N2O6P/c1-16(21-19(24)28-14-17-10-6-4-7-11-17)18(23)22-20(12-8-5-9-13-20)15-29(25,26-2)27-3/h4-12,16H,13-15H2,1-3H3,(H,21,24)(H,22,23)/t16-,20+/m0/s1. The number of hydrogen-bond donors (Lipinski definition) is 2. The van der Waals surface area contributed by atoms with E-state index in [0.29, 0.717) is 6.42 Å². The highest BCUT2D eigenvalue weighted by molar-refractivity contribution is 7.53. The molecule has 1 aromatic carbocycles. The van der Waals surface area contributed by atoms with Crippen molar-refractivity contribution in [2.45, 2.75) is 31.5 Å². The maximum atomic E-state index is 12.7. The van der Waals surface area contributed by atoms with Gasteiger partial charge in [0.1, 0.15) is 12.6 Å². The third-order valence-electron chi connectivity index (χ3n) is 4.49. The van der Waals surface area contributed by atoms with E-state index in [1.54, 1.807) is 19.1 Å². The molecule has 1 aromatic rings. The lowest BCUT2D eigenvalue weighted by molar-refractivity contribution is -0.123. The lowest BCUT2D eigenvalue weighted by atomic mass is 9.93. The molecule has 0 spiro atoms. The minimum Gasteiger partial charge on any atom is -0.445 e. The summed E-state index contributed by atoms with van der Waals surface area (Å²) in [4.78, 5) is 24.7. The predicted molar refractivity (Wildman–Crippen MR) is 109 cm³/mol. The fourth-order valence-electron chi connectivity index (χ4n) is 2.82. The van der Waals surface area contributed by atoms with E-state index in [4.69, 9.17) is 13.8 Å². The Labute approximate surface area is 170 Å². The van der Waals surface area contributed by atoms with Gasteiger partial charge in [0, 0.05) is 14.2 Å². The van der Waals surface area contributed by atoms with Gasteiger partial charge < -0.3 is 24.4 Å². The number of allylic oxidation sites excluding steroid dienone is 2. The van der Waals surface area contributed by atoms with Gasteiger partial charge in [-0.05, 0) is 18.9 Å². The summed E-state index contributed by atoms with van der Waals surface area (Å²) in [6, 6.07) is 8.36. The van der Waals surface area contributed by atoms with Crippen LogP contribution in [0.15, 0.2) is 54.6 Å². The van der Waals surface area contributed by atoms with Crippen LogP contribution >= 0.6 is 7.60 Å². The van der Waals surface area contributed by atoms with Crippen molar-refractivity contribution >= 4 is 19.6 Å². The van der Waals surface area contributed by atoms with E-state index in [1.807, 2.05) is 42.5 Å². The van der Waals surface area contributed by atoms with E-state index in [0.717, 1.165) is 5.56 Å². The van der Waals surface area contributed by atoms with Gasteiger partial charge in [-0.1, -0.05) is 54.6 Å². The van der Waals surface area contributed by atoms with Crippen LogP contribution in [-0.4, -0.2) is 44.0 Å². The summed E-state index contributed by atoms with van der Waals surface area (Å²) in [6.07, 6.45) is 6.85. The second-order valence-corrected chi connectivity index (χ2v) is 8.97. The van der Waals surface area contributed by atoms with Crippen molar-refractivity contribution in [2.24, 2.45) is 0 Å². The monoisotopic (exact) mass is 422 g/mol. The molecule has 0 aromatic heterocycles. The minimum absolute atomic E-state index is 0.0370. The van der Waals surface area contributed by atoms with Crippen molar-refractivity contribution in [3.63, 3.8) is 0 Å². The Kier molecular flexibility index (Phi) is 8.20. The quantitative estimate of drug-likeness (QED) is 0.593. The van der Waals surface area contributed by atoms with Crippen LogP contribution in [0.5, 0.6) is 0 Å². The molecule has 0 unspecified atom stereocenters. The third kappa shape index (κ3) is 6.85. The van der Waals surface area contributed by atoms with E-state index >= 15 is 0 Å². The molecule has 0 saturated carbocycles. The average molecular weight is 422 g/mol. The molecule has 0 heterocycles. The Morgan fingerprint density at radius 1 is 1.17 bits per heavy atom. The first-order chi connectivity index (χ1) is 13.8. The highest BCUT2D eigenvalue weighted by Gasteiger charge is 2.39. The molecule has 2 rings (SSSR count). The van der Waals surface area contributed by atoms with Gasteiger partial charge in [-0.25, -0.2) is 4.79 Å². The smallest absolute Gasteiger partial charge is 0.408 e. The van der Waals surface area contributed by atoms with E-state index in [2.05, 4.69) is 10.6 Å². The lowest BCUT2D eigenvalue weighted by Crippen LogP contribution is -2.55. The SMILES string of the molecule is COP(=O)(C[C@@]1(NC(=O)[C@H](C)NC(=O)OCc2ccccc2)C=CC=CC1)OC. The summed E-state index contributed by atoms with van der Waals surface area (Å²) < 4.78 is 27.8. The van der Waals surface area contributed by atoms with E-state index in [1.165, 1.54) is 14.2 Å². The summed E-state index contributed by atoms with van der Waals surface area (Å²) in [7, 11) is -0.784. The molecule has 2 N–H and O–H groups in total. The molecule has 0 aliphatic heterocycles. The van der Waals surface area contributed by atoms with Gasteiger partial charge in [0.2, 0.25) is 5.91 Å². The summed E-state index contributed by atoms with van der Waals surface area (Å²) in [5, 5.41) is 5.36. The van der Waals surface area contributed by atoms with Crippen LogP contribution in [0.3, 0.4) is 0 Å². The molecule has 0 bridgehead atoms. The maximum absolute atomic E-state index is 12.7. The molecular weight excluding hydrogens is 395 g/mol. The van der Waals surface area contributed by atoms with Crippen molar-refractivity contribution < 1.29 is 27.9 Å². The number of ether oxygens (including phenoxy) is 1. The zero-order valence-corrected chi connectivity index (χ0v) is 17.7. The maximum Gasteiger partial charge on any atom is 0.408 e. The molecule has 9 heteroatoms. The van der Waals surface area contributed by atoms with Crippen molar-refractivity contribution in [1.82, 2.24) is 10.6 Å². The first-order valence-electron chi connectivity index (χ1n) is 9.15. The molecule has 1 aliphatic rings. The molecule has 8 nitrogen and oxygen atoms in total. The Morgan fingerprint density at radius 3 is 2.45 bits per heavy atom. The van der Waals surface area contributed by atoms with Gasteiger partial charge in [-0.3, -0.25) is 9.36 Å². The van der Waals surface area contributed by atoms with Gasteiger partial charge in [0.15, 0.2) is 0 Å². The Hall–Kier alpha value is -2.41. The van der Waals surface area contributed by atoms with Gasteiger partial charge in [-0.15, -0.1) is 0 Å².